The molecule has 0 aliphatic carbocycles. The minimum Gasteiger partial charge on any atom is -0.360 e. The summed E-state index contributed by atoms with van der Waals surface area (Å²) in [5, 5.41) is 9.32. The van der Waals surface area contributed by atoms with Crippen molar-refractivity contribution in [3.63, 3.8) is 0 Å². The van der Waals surface area contributed by atoms with E-state index >= 15 is 0 Å². The fourth-order valence-electron chi connectivity index (χ4n) is 0.653. The predicted molar refractivity (Wildman–Crippen MR) is 49.1 cm³/mol. The Hall–Kier alpha value is -0.610. The quantitative estimate of drug-likeness (QED) is 0.714. The number of likely N-dealkylation sites (N-methyl/N-ethyl adjacent to an activating group) is 1. The van der Waals surface area contributed by atoms with Gasteiger partial charge in [-0.2, -0.15) is 0 Å². The van der Waals surface area contributed by atoms with Crippen LogP contribution in [-0.4, -0.2) is 24.6 Å². The van der Waals surface area contributed by atoms with E-state index in [1.165, 1.54) is 0 Å². The number of hydrogen-bond donors (Lipinski definition) is 2. The summed E-state index contributed by atoms with van der Waals surface area (Å²) in [6, 6.07) is 0.485. The molecule has 4 heteroatoms. The van der Waals surface area contributed by atoms with Crippen molar-refractivity contribution in [2.45, 2.75) is 13.0 Å². The Kier molecular flexibility index (Phi) is 3.32. The van der Waals surface area contributed by atoms with Crippen LogP contribution in [0.15, 0.2) is 11.6 Å². The molecule has 1 aromatic heterocycles. The highest BCUT2D eigenvalue weighted by Gasteiger charge is 1.97. The monoisotopic (exact) mass is 171 g/mol. The number of aromatic nitrogens is 1. The molecule has 0 aliphatic heterocycles. The first-order valence-corrected chi connectivity index (χ1v) is 4.51. The first-order valence-electron chi connectivity index (χ1n) is 3.63. The van der Waals surface area contributed by atoms with Crippen LogP contribution in [0.5, 0.6) is 0 Å². The van der Waals surface area contributed by atoms with Gasteiger partial charge in [-0.1, -0.05) is 0 Å². The molecule has 0 aromatic carbocycles. The van der Waals surface area contributed by atoms with Crippen LogP contribution in [0.3, 0.4) is 0 Å². The first kappa shape index (κ1) is 8.49. The summed E-state index contributed by atoms with van der Waals surface area (Å²) in [4.78, 5) is 4.10. The zero-order valence-electron chi connectivity index (χ0n) is 6.79. The summed E-state index contributed by atoms with van der Waals surface area (Å²) in [5.41, 5.74) is 0. The van der Waals surface area contributed by atoms with E-state index in [9.17, 15) is 0 Å². The molecule has 0 aliphatic rings. The van der Waals surface area contributed by atoms with Crippen LogP contribution in [0.25, 0.3) is 0 Å². The number of nitrogens with one attached hydrogen (secondary N) is 2. The van der Waals surface area contributed by atoms with Crippen molar-refractivity contribution >= 4 is 16.5 Å². The summed E-state index contributed by atoms with van der Waals surface area (Å²) in [5.74, 6) is 0. The highest BCUT2D eigenvalue weighted by Crippen LogP contribution is 2.09. The summed E-state index contributed by atoms with van der Waals surface area (Å²) >= 11 is 1.63. The molecule has 1 atom stereocenters. The zero-order chi connectivity index (χ0) is 8.10. The van der Waals surface area contributed by atoms with E-state index in [1.54, 1.807) is 17.5 Å². The van der Waals surface area contributed by atoms with Crippen molar-refractivity contribution < 1.29 is 0 Å². The second-order valence-corrected chi connectivity index (χ2v) is 3.30. The Morgan fingerprint density at radius 1 is 1.73 bits per heavy atom. The third-order valence-electron chi connectivity index (χ3n) is 1.48. The van der Waals surface area contributed by atoms with Crippen LogP contribution in [0.1, 0.15) is 6.92 Å². The van der Waals surface area contributed by atoms with Gasteiger partial charge in [-0.3, -0.25) is 0 Å². The van der Waals surface area contributed by atoms with Crippen molar-refractivity contribution in [2.24, 2.45) is 0 Å². The Morgan fingerprint density at radius 3 is 3.09 bits per heavy atom. The van der Waals surface area contributed by atoms with Gasteiger partial charge in [-0.05, 0) is 14.0 Å². The molecule has 0 spiro atoms. The van der Waals surface area contributed by atoms with Gasteiger partial charge in [-0.25, -0.2) is 4.98 Å². The lowest BCUT2D eigenvalue weighted by Crippen LogP contribution is -2.29. The van der Waals surface area contributed by atoms with Gasteiger partial charge in [0.05, 0.1) is 0 Å². The van der Waals surface area contributed by atoms with Gasteiger partial charge in [0.1, 0.15) is 0 Å². The lowest BCUT2D eigenvalue weighted by molar-refractivity contribution is 0.638. The molecule has 2 N–H and O–H groups in total. The maximum absolute atomic E-state index is 4.10. The molecule has 0 amide bonds. The number of anilines is 1. The van der Waals surface area contributed by atoms with Gasteiger partial charge >= 0.3 is 0 Å². The van der Waals surface area contributed by atoms with Crippen molar-refractivity contribution in [1.82, 2.24) is 10.3 Å². The number of hydrogen-bond acceptors (Lipinski definition) is 4. The van der Waals surface area contributed by atoms with Gasteiger partial charge in [0, 0.05) is 24.2 Å². The van der Waals surface area contributed by atoms with E-state index in [1.807, 2.05) is 12.4 Å². The van der Waals surface area contributed by atoms with Crippen LogP contribution >= 0.6 is 11.3 Å². The van der Waals surface area contributed by atoms with Crippen LogP contribution in [-0.2, 0) is 0 Å². The van der Waals surface area contributed by atoms with Gasteiger partial charge in [-0.15, -0.1) is 11.3 Å². The lowest BCUT2D eigenvalue weighted by Gasteiger charge is -2.09. The Balaban J connectivity index is 2.23. The van der Waals surface area contributed by atoms with Crippen LogP contribution in [0, 0.1) is 0 Å². The molecule has 1 unspecified atom stereocenters. The van der Waals surface area contributed by atoms with Gasteiger partial charge < -0.3 is 10.6 Å². The third-order valence-corrected chi connectivity index (χ3v) is 2.22. The van der Waals surface area contributed by atoms with Gasteiger partial charge in [0.15, 0.2) is 5.13 Å². The van der Waals surface area contributed by atoms with E-state index < -0.39 is 0 Å². The summed E-state index contributed by atoms with van der Waals surface area (Å²) < 4.78 is 0. The number of rotatable bonds is 4. The largest absolute Gasteiger partial charge is 0.360 e. The topological polar surface area (TPSA) is 37.0 Å². The molecule has 0 saturated carbocycles. The second kappa shape index (κ2) is 4.31. The highest BCUT2D eigenvalue weighted by molar-refractivity contribution is 7.13. The molecule has 0 saturated heterocycles. The van der Waals surface area contributed by atoms with Gasteiger partial charge in [0.2, 0.25) is 0 Å². The molecule has 1 aromatic rings. The van der Waals surface area contributed by atoms with E-state index in [4.69, 9.17) is 0 Å². The fraction of sp³-hybridized carbons (Fsp3) is 0.571. The molecule has 0 fully saturated rings. The van der Waals surface area contributed by atoms with Crippen LogP contribution in [0.4, 0.5) is 5.13 Å². The minimum absolute atomic E-state index is 0.485. The average molecular weight is 171 g/mol. The Labute approximate surface area is 70.9 Å². The Morgan fingerprint density at radius 2 is 2.55 bits per heavy atom. The third kappa shape index (κ3) is 2.86. The molecule has 0 bridgehead atoms. The van der Waals surface area contributed by atoms with Crippen molar-refractivity contribution in [3.05, 3.63) is 11.6 Å². The number of nitrogens with zero attached hydrogens (tertiary/aromatic N) is 1. The molecular formula is C7H13N3S. The van der Waals surface area contributed by atoms with E-state index in [0.29, 0.717) is 6.04 Å². The maximum Gasteiger partial charge on any atom is 0.182 e. The second-order valence-electron chi connectivity index (χ2n) is 2.41. The van der Waals surface area contributed by atoms with E-state index in [2.05, 4.69) is 22.5 Å². The summed E-state index contributed by atoms with van der Waals surface area (Å²) in [6.07, 6.45) is 1.80. The normalized spacial score (nSPS) is 12.9. The lowest BCUT2D eigenvalue weighted by atomic mass is 10.3. The fourth-order valence-corrected chi connectivity index (χ4v) is 1.19. The number of thiazole rings is 1. The first-order chi connectivity index (χ1) is 5.33. The molecule has 11 heavy (non-hydrogen) atoms. The van der Waals surface area contributed by atoms with Crippen LogP contribution < -0.4 is 10.6 Å². The minimum atomic E-state index is 0.485. The van der Waals surface area contributed by atoms with Gasteiger partial charge in [0.25, 0.3) is 0 Å². The molecule has 0 radical (unpaired) electrons. The smallest absolute Gasteiger partial charge is 0.182 e. The predicted octanol–water partition coefficient (Wildman–Crippen LogP) is 1.16. The maximum atomic E-state index is 4.10. The van der Waals surface area contributed by atoms with Crippen molar-refractivity contribution in [3.8, 4) is 0 Å². The molecule has 1 heterocycles. The summed E-state index contributed by atoms with van der Waals surface area (Å²) in [6.45, 7) is 3.05. The molecule has 3 nitrogen and oxygen atoms in total. The highest BCUT2D eigenvalue weighted by atomic mass is 32.1. The molecule has 62 valence electrons. The van der Waals surface area contributed by atoms with Crippen molar-refractivity contribution in [1.29, 1.82) is 0 Å². The van der Waals surface area contributed by atoms with E-state index in [0.717, 1.165) is 11.7 Å². The molecule has 1 rings (SSSR count). The standard InChI is InChI=1S/C7H13N3S/c1-6(8-2)5-10-7-9-3-4-11-7/h3-4,6,8H,5H2,1-2H3,(H,9,10). The SMILES string of the molecule is CNC(C)CNc1nccs1. The zero-order valence-corrected chi connectivity index (χ0v) is 7.61. The molecular weight excluding hydrogens is 158 g/mol. The van der Waals surface area contributed by atoms with Crippen LogP contribution in [0.2, 0.25) is 0 Å². The van der Waals surface area contributed by atoms with E-state index in [-0.39, 0.29) is 0 Å². The Bertz CT molecular complexity index is 186. The summed E-state index contributed by atoms with van der Waals surface area (Å²) in [7, 11) is 1.95. The van der Waals surface area contributed by atoms with Crippen molar-refractivity contribution in [2.75, 3.05) is 18.9 Å². The average Bonchev–Trinajstić information content (AvgIpc) is 2.52.